The van der Waals surface area contributed by atoms with Crippen LogP contribution in [-0.2, 0) is 4.84 Å². The van der Waals surface area contributed by atoms with Crippen LogP contribution in [0.5, 0.6) is 0 Å². The van der Waals surface area contributed by atoms with Gasteiger partial charge in [0.05, 0.1) is 11.8 Å². The van der Waals surface area contributed by atoms with Crippen molar-refractivity contribution in [2.75, 3.05) is 0 Å². The van der Waals surface area contributed by atoms with Gasteiger partial charge in [-0.3, -0.25) is 0 Å². The molecule has 3 nitrogen and oxygen atoms in total. The van der Waals surface area contributed by atoms with Crippen LogP contribution >= 0.6 is 0 Å². The van der Waals surface area contributed by atoms with E-state index < -0.39 is 17.6 Å². The second-order valence-electron chi connectivity index (χ2n) is 3.62. The van der Waals surface area contributed by atoms with Gasteiger partial charge in [0.25, 0.3) is 0 Å². The van der Waals surface area contributed by atoms with Crippen LogP contribution in [0.2, 0.25) is 0 Å². The van der Waals surface area contributed by atoms with Gasteiger partial charge in [0.1, 0.15) is 0 Å². The molecule has 0 atom stereocenters. The molecule has 0 fully saturated rings. The molecule has 96 valence electrons. The zero-order valence-corrected chi connectivity index (χ0v) is 9.72. The van der Waals surface area contributed by atoms with Crippen LogP contribution in [0, 0.1) is 11.6 Å². The average molecular weight is 261 g/mol. The van der Waals surface area contributed by atoms with Gasteiger partial charge in [-0.25, -0.2) is 13.6 Å². The molecule has 2 aromatic rings. The summed E-state index contributed by atoms with van der Waals surface area (Å²) >= 11 is 0. The Morgan fingerprint density at radius 2 is 1.79 bits per heavy atom. The van der Waals surface area contributed by atoms with Crippen LogP contribution in [0.25, 0.3) is 0 Å². The molecule has 5 heteroatoms. The van der Waals surface area contributed by atoms with E-state index >= 15 is 0 Å². The number of oxime groups is 1. The Labute approximate surface area is 108 Å². The van der Waals surface area contributed by atoms with Gasteiger partial charge in [0.2, 0.25) is 0 Å². The lowest BCUT2D eigenvalue weighted by atomic mass is 10.2. The normalized spacial score (nSPS) is 10.6. The van der Waals surface area contributed by atoms with E-state index in [0.717, 1.165) is 12.3 Å². The Morgan fingerprint density at radius 3 is 2.53 bits per heavy atom. The number of carbonyl (C=O) groups is 1. The summed E-state index contributed by atoms with van der Waals surface area (Å²) in [7, 11) is 0. The lowest BCUT2D eigenvalue weighted by molar-refractivity contribution is 0.0519. The van der Waals surface area contributed by atoms with Crippen LogP contribution < -0.4 is 0 Å². The molecular weight excluding hydrogens is 252 g/mol. The summed E-state index contributed by atoms with van der Waals surface area (Å²) in [5, 5.41) is 3.34. The highest BCUT2D eigenvalue weighted by atomic mass is 19.2. The maximum Gasteiger partial charge on any atom is 0.365 e. The van der Waals surface area contributed by atoms with Gasteiger partial charge in [-0.05, 0) is 18.2 Å². The van der Waals surface area contributed by atoms with Crippen LogP contribution in [0.1, 0.15) is 15.9 Å². The third-order valence-electron chi connectivity index (χ3n) is 2.32. The smallest absolute Gasteiger partial charge is 0.313 e. The topological polar surface area (TPSA) is 38.7 Å². The lowest BCUT2D eigenvalue weighted by Gasteiger charge is -1.98. The zero-order valence-electron chi connectivity index (χ0n) is 9.72. The van der Waals surface area contributed by atoms with Crippen molar-refractivity contribution < 1.29 is 18.4 Å². The Morgan fingerprint density at radius 1 is 1.05 bits per heavy atom. The van der Waals surface area contributed by atoms with E-state index in [4.69, 9.17) is 0 Å². The fourth-order valence-electron chi connectivity index (χ4n) is 1.38. The summed E-state index contributed by atoms with van der Waals surface area (Å²) in [6, 6.07) is 11.8. The molecule has 0 aliphatic carbocycles. The predicted molar refractivity (Wildman–Crippen MR) is 65.8 cm³/mol. The highest BCUT2D eigenvalue weighted by Gasteiger charge is 2.07. The van der Waals surface area contributed by atoms with Crippen molar-refractivity contribution in [2.45, 2.75) is 0 Å². The van der Waals surface area contributed by atoms with E-state index in [9.17, 15) is 13.6 Å². The number of hydrogen-bond acceptors (Lipinski definition) is 3. The Balaban J connectivity index is 2.05. The van der Waals surface area contributed by atoms with Gasteiger partial charge >= 0.3 is 5.97 Å². The molecule has 0 aliphatic heterocycles. The minimum Gasteiger partial charge on any atom is -0.313 e. The van der Waals surface area contributed by atoms with Crippen molar-refractivity contribution in [2.24, 2.45) is 5.16 Å². The SMILES string of the molecule is O=C(O/N=C/c1cccc(F)c1F)c1ccccc1. The van der Waals surface area contributed by atoms with Gasteiger partial charge in [0.15, 0.2) is 11.6 Å². The summed E-state index contributed by atoms with van der Waals surface area (Å²) in [5.41, 5.74) is 0.222. The molecule has 0 saturated heterocycles. The highest BCUT2D eigenvalue weighted by Crippen LogP contribution is 2.09. The maximum absolute atomic E-state index is 13.2. The molecule has 0 unspecified atom stereocenters. The van der Waals surface area contributed by atoms with E-state index in [1.165, 1.54) is 12.1 Å². The monoisotopic (exact) mass is 261 g/mol. The van der Waals surface area contributed by atoms with Gasteiger partial charge in [-0.15, -0.1) is 0 Å². The third-order valence-corrected chi connectivity index (χ3v) is 2.32. The van der Waals surface area contributed by atoms with E-state index in [0.29, 0.717) is 5.56 Å². The fourth-order valence-corrected chi connectivity index (χ4v) is 1.38. The first-order chi connectivity index (χ1) is 9.18. The molecule has 2 aromatic carbocycles. The number of benzene rings is 2. The number of nitrogens with zero attached hydrogens (tertiary/aromatic N) is 1. The average Bonchev–Trinajstić information content (AvgIpc) is 2.44. The number of carbonyl (C=O) groups excluding carboxylic acids is 1. The van der Waals surface area contributed by atoms with Gasteiger partial charge in [-0.1, -0.05) is 35.5 Å². The summed E-state index contributed by atoms with van der Waals surface area (Å²) in [6.45, 7) is 0. The first-order valence-corrected chi connectivity index (χ1v) is 5.42. The second kappa shape index (κ2) is 5.86. The number of hydrogen-bond donors (Lipinski definition) is 0. The Bertz CT molecular complexity index is 612. The first-order valence-electron chi connectivity index (χ1n) is 5.42. The van der Waals surface area contributed by atoms with Crippen molar-refractivity contribution >= 4 is 12.2 Å². The van der Waals surface area contributed by atoms with E-state index in [2.05, 4.69) is 9.99 Å². The number of halogens is 2. The van der Waals surface area contributed by atoms with E-state index in [-0.39, 0.29) is 5.56 Å². The molecule has 0 radical (unpaired) electrons. The molecule has 0 aromatic heterocycles. The largest absolute Gasteiger partial charge is 0.365 e. The van der Waals surface area contributed by atoms with Crippen LogP contribution in [0.4, 0.5) is 8.78 Å². The Hall–Kier alpha value is -2.56. The standard InChI is InChI=1S/C14H9F2NO2/c15-12-8-4-7-11(13(12)16)9-17-19-14(18)10-5-2-1-3-6-10/h1-9H/b17-9+. The van der Waals surface area contributed by atoms with E-state index in [1.807, 2.05) is 0 Å². The maximum atomic E-state index is 13.2. The zero-order chi connectivity index (χ0) is 13.7. The molecular formula is C14H9F2NO2. The van der Waals surface area contributed by atoms with Crippen LogP contribution in [0.15, 0.2) is 53.7 Å². The second-order valence-corrected chi connectivity index (χ2v) is 3.62. The molecule has 0 spiro atoms. The Kier molecular flexibility index (Phi) is 3.97. The van der Waals surface area contributed by atoms with Crippen molar-refractivity contribution in [1.29, 1.82) is 0 Å². The molecule has 0 bridgehead atoms. The molecule has 0 aliphatic rings. The molecule has 19 heavy (non-hydrogen) atoms. The highest BCUT2D eigenvalue weighted by molar-refractivity contribution is 5.90. The van der Waals surface area contributed by atoms with Gasteiger partial charge < -0.3 is 4.84 Å². The minimum atomic E-state index is -1.04. The van der Waals surface area contributed by atoms with Crippen molar-refractivity contribution in [3.63, 3.8) is 0 Å². The quantitative estimate of drug-likeness (QED) is 0.483. The fraction of sp³-hybridized carbons (Fsp3) is 0. The molecule has 2 rings (SSSR count). The molecule has 0 heterocycles. The summed E-state index contributed by atoms with van der Waals surface area (Å²) < 4.78 is 26.1. The van der Waals surface area contributed by atoms with Crippen molar-refractivity contribution in [1.82, 2.24) is 0 Å². The van der Waals surface area contributed by atoms with Gasteiger partial charge in [0, 0.05) is 5.56 Å². The molecule has 0 N–H and O–H groups in total. The van der Waals surface area contributed by atoms with Crippen LogP contribution in [0.3, 0.4) is 0 Å². The summed E-state index contributed by atoms with van der Waals surface area (Å²) in [5.74, 6) is -2.70. The first kappa shape index (κ1) is 12.9. The van der Waals surface area contributed by atoms with Gasteiger partial charge in [-0.2, -0.15) is 0 Å². The van der Waals surface area contributed by atoms with Crippen molar-refractivity contribution in [3.8, 4) is 0 Å². The minimum absolute atomic E-state index is 0.0964. The predicted octanol–water partition coefficient (Wildman–Crippen LogP) is 3.16. The summed E-state index contributed by atoms with van der Waals surface area (Å²) in [6.07, 6.45) is 0.944. The molecule has 0 saturated carbocycles. The van der Waals surface area contributed by atoms with Crippen LogP contribution in [-0.4, -0.2) is 12.2 Å². The van der Waals surface area contributed by atoms with E-state index in [1.54, 1.807) is 30.3 Å². The third kappa shape index (κ3) is 3.22. The lowest BCUT2D eigenvalue weighted by Crippen LogP contribution is -2.01. The van der Waals surface area contributed by atoms with Crippen molar-refractivity contribution in [3.05, 3.63) is 71.3 Å². The molecule has 0 amide bonds. The number of rotatable bonds is 3. The summed E-state index contributed by atoms with van der Waals surface area (Å²) in [4.78, 5) is 16.1.